The zero-order valence-electron chi connectivity index (χ0n) is 17.2. The van der Waals surface area contributed by atoms with Crippen molar-refractivity contribution < 1.29 is 9.53 Å². The number of amides is 1. The minimum absolute atomic E-state index is 0.0290. The van der Waals surface area contributed by atoms with E-state index in [1.165, 1.54) is 11.8 Å². The minimum Gasteiger partial charge on any atom is -0.490 e. The summed E-state index contributed by atoms with van der Waals surface area (Å²) in [4.78, 5) is 20.4. The molecule has 4 rings (SSSR count). The molecule has 3 aromatic carbocycles. The maximum absolute atomic E-state index is 13.4. The standard InChI is InChI=1S/C25H21BrN2O2S/c1-17(2)30-22-14-13-19(26)15-18(22)16-23-24(29)28(21-11-7-4-8-12-21)25(31-23)27-20-9-5-3-6-10-20/h3-17H,1-2H3. The van der Waals surface area contributed by atoms with E-state index in [1.807, 2.05) is 98.8 Å². The van der Waals surface area contributed by atoms with E-state index in [2.05, 4.69) is 15.9 Å². The average molecular weight is 493 g/mol. The van der Waals surface area contributed by atoms with Gasteiger partial charge in [0.15, 0.2) is 5.17 Å². The van der Waals surface area contributed by atoms with Crippen LogP contribution in [0.25, 0.3) is 6.08 Å². The van der Waals surface area contributed by atoms with Crippen LogP contribution in [0.2, 0.25) is 0 Å². The Morgan fingerprint density at radius 3 is 2.35 bits per heavy atom. The van der Waals surface area contributed by atoms with Crippen molar-refractivity contribution in [2.24, 2.45) is 4.99 Å². The summed E-state index contributed by atoms with van der Waals surface area (Å²) in [5, 5.41) is 0.620. The predicted octanol–water partition coefficient (Wildman–Crippen LogP) is 7.04. The number of halogens is 1. The molecule has 1 aliphatic heterocycles. The highest BCUT2D eigenvalue weighted by atomic mass is 79.9. The number of benzene rings is 3. The van der Waals surface area contributed by atoms with Crippen LogP contribution in [0.5, 0.6) is 5.75 Å². The molecular formula is C25H21BrN2O2S. The Hall–Kier alpha value is -2.83. The van der Waals surface area contributed by atoms with Gasteiger partial charge < -0.3 is 4.74 Å². The van der Waals surface area contributed by atoms with Crippen molar-refractivity contribution >= 4 is 56.2 Å². The molecule has 1 heterocycles. The number of carbonyl (C=O) groups is 1. The van der Waals surface area contributed by atoms with Crippen molar-refractivity contribution in [2.75, 3.05) is 4.90 Å². The fraction of sp³-hybridized carbons (Fsp3) is 0.120. The van der Waals surface area contributed by atoms with Crippen LogP contribution in [-0.2, 0) is 4.79 Å². The Kier molecular flexibility index (Phi) is 6.59. The third-order valence-electron chi connectivity index (χ3n) is 4.42. The zero-order chi connectivity index (χ0) is 21.8. The lowest BCUT2D eigenvalue weighted by atomic mass is 10.1. The second kappa shape index (κ2) is 9.54. The molecule has 0 aromatic heterocycles. The van der Waals surface area contributed by atoms with Crippen molar-refractivity contribution in [3.8, 4) is 5.75 Å². The molecule has 0 N–H and O–H groups in total. The Morgan fingerprint density at radius 2 is 1.68 bits per heavy atom. The topological polar surface area (TPSA) is 41.9 Å². The highest BCUT2D eigenvalue weighted by Gasteiger charge is 2.35. The number of rotatable bonds is 5. The Balaban J connectivity index is 1.78. The monoisotopic (exact) mass is 492 g/mol. The molecule has 4 nitrogen and oxygen atoms in total. The lowest BCUT2D eigenvalue weighted by Gasteiger charge is -2.15. The van der Waals surface area contributed by atoms with Gasteiger partial charge >= 0.3 is 0 Å². The van der Waals surface area contributed by atoms with Crippen molar-refractivity contribution in [3.05, 3.63) is 93.8 Å². The van der Waals surface area contributed by atoms with Gasteiger partial charge in [0, 0.05) is 10.0 Å². The van der Waals surface area contributed by atoms with Gasteiger partial charge in [-0.05, 0) is 74.1 Å². The van der Waals surface area contributed by atoms with E-state index >= 15 is 0 Å². The van der Waals surface area contributed by atoms with E-state index in [9.17, 15) is 4.79 Å². The number of carbonyl (C=O) groups excluding carboxylic acids is 1. The van der Waals surface area contributed by atoms with Gasteiger partial charge in [0.05, 0.1) is 22.4 Å². The number of hydrogen-bond acceptors (Lipinski definition) is 4. The third-order valence-corrected chi connectivity index (χ3v) is 5.88. The lowest BCUT2D eigenvalue weighted by molar-refractivity contribution is -0.113. The lowest BCUT2D eigenvalue weighted by Crippen LogP contribution is -2.28. The Bertz CT molecular complexity index is 1140. The van der Waals surface area contributed by atoms with Crippen LogP contribution in [0, 0.1) is 0 Å². The Labute approximate surface area is 194 Å². The summed E-state index contributed by atoms with van der Waals surface area (Å²) < 4.78 is 6.87. The normalized spacial score (nSPS) is 16.5. The fourth-order valence-electron chi connectivity index (χ4n) is 3.10. The molecular weight excluding hydrogens is 472 g/mol. The van der Waals surface area contributed by atoms with E-state index in [1.54, 1.807) is 4.90 Å². The summed E-state index contributed by atoms with van der Waals surface area (Å²) >= 11 is 4.88. The number of hydrogen-bond donors (Lipinski definition) is 0. The molecule has 1 fully saturated rings. The van der Waals surface area contributed by atoms with Crippen LogP contribution in [0.1, 0.15) is 19.4 Å². The van der Waals surface area contributed by atoms with Gasteiger partial charge in [-0.15, -0.1) is 0 Å². The molecule has 1 aliphatic rings. The second-order valence-electron chi connectivity index (χ2n) is 7.17. The summed E-state index contributed by atoms with van der Waals surface area (Å²) in [5.74, 6) is 0.625. The van der Waals surface area contributed by atoms with E-state index in [0.29, 0.717) is 10.1 Å². The summed E-state index contributed by atoms with van der Waals surface area (Å²) in [6.45, 7) is 3.96. The maximum atomic E-state index is 13.4. The van der Waals surface area contributed by atoms with E-state index < -0.39 is 0 Å². The van der Waals surface area contributed by atoms with Crippen LogP contribution < -0.4 is 9.64 Å². The second-order valence-corrected chi connectivity index (χ2v) is 9.09. The largest absolute Gasteiger partial charge is 0.490 e. The van der Waals surface area contributed by atoms with Gasteiger partial charge in [0.25, 0.3) is 5.91 Å². The summed E-state index contributed by atoms with van der Waals surface area (Å²) in [5.41, 5.74) is 2.42. The van der Waals surface area contributed by atoms with Gasteiger partial charge in [-0.2, -0.15) is 0 Å². The molecule has 0 bridgehead atoms. The average Bonchev–Trinajstić information content (AvgIpc) is 3.06. The summed E-state index contributed by atoms with van der Waals surface area (Å²) in [6.07, 6.45) is 1.90. The molecule has 0 saturated carbocycles. The molecule has 1 amide bonds. The number of nitrogens with zero attached hydrogens (tertiary/aromatic N) is 2. The molecule has 6 heteroatoms. The predicted molar refractivity (Wildman–Crippen MR) is 133 cm³/mol. The number of aliphatic imine (C=N–C) groups is 1. The molecule has 0 radical (unpaired) electrons. The first-order valence-electron chi connectivity index (χ1n) is 9.90. The van der Waals surface area contributed by atoms with Crippen molar-refractivity contribution in [2.45, 2.75) is 20.0 Å². The number of ether oxygens (including phenoxy) is 1. The number of amidine groups is 1. The van der Waals surface area contributed by atoms with Crippen LogP contribution in [-0.4, -0.2) is 17.2 Å². The van der Waals surface area contributed by atoms with Gasteiger partial charge in [0.1, 0.15) is 5.75 Å². The van der Waals surface area contributed by atoms with Gasteiger partial charge in [-0.1, -0.05) is 52.3 Å². The first-order valence-corrected chi connectivity index (χ1v) is 11.5. The smallest absolute Gasteiger partial charge is 0.271 e. The van der Waals surface area contributed by atoms with Gasteiger partial charge in [-0.3, -0.25) is 9.69 Å². The molecule has 156 valence electrons. The quantitative estimate of drug-likeness (QED) is 0.358. The number of thioether (sulfide) groups is 1. The highest BCUT2D eigenvalue weighted by Crippen LogP contribution is 2.38. The van der Waals surface area contributed by atoms with E-state index in [4.69, 9.17) is 9.73 Å². The third kappa shape index (κ3) is 5.09. The number of para-hydroxylation sites is 2. The highest BCUT2D eigenvalue weighted by molar-refractivity contribution is 9.10. The van der Waals surface area contributed by atoms with Crippen LogP contribution in [0.4, 0.5) is 11.4 Å². The number of anilines is 1. The summed E-state index contributed by atoms with van der Waals surface area (Å²) in [7, 11) is 0. The van der Waals surface area contributed by atoms with Crippen molar-refractivity contribution in [3.63, 3.8) is 0 Å². The van der Waals surface area contributed by atoms with Crippen molar-refractivity contribution in [1.29, 1.82) is 0 Å². The molecule has 0 unspecified atom stereocenters. The van der Waals surface area contributed by atoms with Crippen LogP contribution in [0.3, 0.4) is 0 Å². The van der Waals surface area contributed by atoms with Crippen LogP contribution in [0.15, 0.2) is 93.2 Å². The summed E-state index contributed by atoms with van der Waals surface area (Å²) in [6, 6.07) is 25.0. The zero-order valence-corrected chi connectivity index (χ0v) is 19.6. The maximum Gasteiger partial charge on any atom is 0.271 e. The SMILES string of the molecule is CC(C)Oc1ccc(Br)cc1C=C1SC(=Nc2ccccc2)N(c2ccccc2)C1=O. The van der Waals surface area contributed by atoms with Crippen LogP contribution >= 0.6 is 27.7 Å². The minimum atomic E-state index is -0.110. The first kappa shape index (κ1) is 21.4. The van der Waals surface area contributed by atoms with E-state index in [0.717, 1.165) is 27.2 Å². The Morgan fingerprint density at radius 1 is 1.00 bits per heavy atom. The molecule has 1 saturated heterocycles. The van der Waals surface area contributed by atoms with E-state index in [-0.39, 0.29) is 12.0 Å². The molecule has 0 atom stereocenters. The molecule has 3 aromatic rings. The van der Waals surface area contributed by atoms with Gasteiger partial charge in [0.2, 0.25) is 0 Å². The fourth-order valence-corrected chi connectivity index (χ4v) is 4.47. The van der Waals surface area contributed by atoms with Crippen molar-refractivity contribution in [1.82, 2.24) is 0 Å². The molecule has 31 heavy (non-hydrogen) atoms. The molecule has 0 spiro atoms. The van der Waals surface area contributed by atoms with Gasteiger partial charge in [-0.25, -0.2) is 4.99 Å². The first-order chi connectivity index (χ1) is 15.0. The molecule has 0 aliphatic carbocycles.